The fourth-order valence-electron chi connectivity index (χ4n) is 10.7. The Morgan fingerprint density at radius 3 is 2.30 bits per heavy atom. The van der Waals surface area contributed by atoms with Crippen molar-refractivity contribution in [3.8, 4) is 0 Å². The van der Waals surface area contributed by atoms with E-state index in [0.717, 1.165) is 44.9 Å². The van der Waals surface area contributed by atoms with Crippen LogP contribution in [0.15, 0.2) is 11.6 Å². The number of carbonyl (C=O) groups is 1. The van der Waals surface area contributed by atoms with E-state index in [1.54, 1.807) is 0 Å². The van der Waals surface area contributed by atoms with Gasteiger partial charge in [0.25, 0.3) is 0 Å². The maximum atomic E-state index is 14.2. The van der Waals surface area contributed by atoms with Crippen molar-refractivity contribution in [3.63, 3.8) is 0 Å². The van der Waals surface area contributed by atoms with Crippen LogP contribution in [0.5, 0.6) is 0 Å². The van der Waals surface area contributed by atoms with Crippen LogP contribution in [0.3, 0.4) is 0 Å². The van der Waals surface area contributed by atoms with Gasteiger partial charge in [0.15, 0.2) is 5.78 Å². The van der Waals surface area contributed by atoms with Crippen molar-refractivity contribution in [2.45, 2.75) is 106 Å². The first-order chi connectivity index (χ1) is 15.3. The standard InChI is InChI=1S/C30H48O3/c1-18-8-13-30(17-31)15-14-28(6)20(24(30)19(18)2)16-21(32)25-27(5)11-10-23(33)26(3,4)22(27)9-12-29(25,28)7/h16,18-19,22-25,31,33H,8-15,17H2,1-7H3/t18-,19+,22+,23+,24+,25-,27+,28-,29-,30-/m1/s1. The Morgan fingerprint density at radius 1 is 0.939 bits per heavy atom. The minimum absolute atomic E-state index is 0.00835. The molecule has 33 heavy (non-hydrogen) atoms. The van der Waals surface area contributed by atoms with E-state index in [-0.39, 0.29) is 45.7 Å². The van der Waals surface area contributed by atoms with E-state index in [4.69, 9.17) is 0 Å². The summed E-state index contributed by atoms with van der Waals surface area (Å²) in [6.45, 7) is 16.8. The Morgan fingerprint density at radius 2 is 1.64 bits per heavy atom. The number of ketones is 1. The lowest BCUT2D eigenvalue weighted by molar-refractivity contribution is -0.204. The highest BCUT2D eigenvalue weighted by atomic mass is 16.3. The van der Waals surface area contributed by atoms with Gasteiger partial charge in [-0.2, -0.15) is 0 Å². The molecule has 5 rings (SSSR count). The number of fused-ring (bicyclic) bond motifs is 7. The average molecular weight is 457 g/mol. The van der Waals surface area contributed by atoms with Gasteiger partial charge in [-0.1, -0.05) is 54.0 Å². The zero-order valence-electron chi connectivity index (χ0n) is 22.2. The predicted octanol–water partition coefficient (Wildman–Crippen LogP) is 6.18. The summed E-state index contributed by atoms with van der Waals surface area (Å²) in [4.78, 5) is 14.2. The van der Waals surface area contributed by atoms with Crippen molar-refractivity contribution in [2.75, 3.05) is 6.61 Å². The molecule has 0 aliphatic heterocycles. The van der Waals surface area contributed by atoms with Gasteiger partial charge >= 0.3 is 0 Å². The normalized spacial score (nSPS) is 55.5. The number of carbonyl (C=O) groups excluding carboxylic acids is 1. The molecule has 2 N–H and O–H groups in total. The third-order valence-electron chi connectivity index (χ3n) is 13.2. The van der Waals surface area contributed by atoms with E-state index < -0.39 is 0 Å². The lowest BCUT2D eigenvalue weighted by Gasteiger charge is -2.70. The SMILES string of the molecule is C[C@H]1[C@H](C)CC[C@]2(CO)CC[C@]3(C)C(=CC(=O)[C@@H]4[C@@]5(C)CC[C@H](O)C(C)(C)[C@@H]5CC[C@]43C)[C@H]12. The van der Waals surface area contributed by atoms with Crippen molar-refractivity contribution >= 4 is 5.78 Å². The molecule has 0 radical (unpaired) electrons. The van der Waals surface area contributed by atoms with Crippen molar-refractivity contribution < 1.29 is 15.0 Å². The molecule has 5 aliphatic rings. The first kappa shape index (κ1) is 24.0. The van der Waals surface area contributed by atoms with E-state index in [0.29, 0.717) is 29.5 Å². The maximum absolute atomic E-state index is 14.2. The van der Waals surface area contributed by atoms with Gasteiger partial charge in [-0.25, -0.2) is 0 Å². The van der Waals surface area contributed by atoms with Crippen LogP contribution in [0.4, 0.5) is 0 Å². The molecule has 5 aliphatic carbocycles. The molecule has 10 atom stereocenters. The number of hydrogen-bond donors (Lipinski definition) is 2. The largest absolute Gasteiger partial charge is 0.396 e. The van der Waals surface area contributed by atoms with E-state index >= 15 is 0 Å². The zero-order chi connectivity index (χ0) is 24.2. The molecular formula is C30H48O3. The number of aliphatic hydroxyl groups is 2. The van der Waals surface area contributed by atoms with Crippen molar-refractivity contribution in [2.24, 2.45) is 56.7 Å². The summed E-state index contributed by atoms with van der Waals surface area (Å²) in [5.41, 5.74) is 1.09. The Bertz CT molecular complexity index is 874. The molecule has 0 amide bonds. The molecule has 0 unspecified atom stereocenters. The van der Waals surface area contributed by atoms with Crippen LogP contribution >= 0.6 is 0 Å². The topological polar surface area (TPSA) is 57.5 Å². The summed E-state index contributed by atoms with van der Waals surface area (Å²) in [5, 5.41) is 21.5. The van der Waals surface area contributed by atoms with Gasteiger partial charge < -0.3 is 10.2 Å². The van der Waals surface area contributed by atoms with Crippen LogP contribution in [-0.2, 0) is 4.79 Å². The average Bonchev–Trinajstić information content (AvgIpc) is 2.75. The molecule has 0 aromatic rings. The molecule has 0 heterocycles. The number of allylic oxidation sites excluding steroid dienone is 2. The summed E-state index contributed by atoms with van der Waals surface area (Å²) >= 11 is 0. The van der Waals surface area contributed by atoms with Crippen LogP contribution in [0.25, 0.3) is 0 Å². The molecule has 3 nitrogen and oxygen atoms in total. The first-order valence-corrected chi connectivity index (χ1v) is 13.8. The molecule has 4 saturated carbocycles. The van der Waals surface area contributed by atoms with Crippen molar-refractivity contribution in [3.05, 3.63) is 11.6 Å². The summed E-state index contributed by atoms with van der Waals surface area (Å²) in [6, 6.07) is 0. The van der Waals surface area contributed by atoms with Crippen molar-refractivity contribution in [1.29, 1.82) is 0 Å². The second-order valence-corrected chi connectivity index (χ2v) is 14.5. The van der Waals surface area contributed by atoms with E-state index in [2.05, 4.69) is 54.5 Å². The van der Waals surface area contributed by atoms with Crippen LogP contribution in [0.2, 0.25) is 0 Å². The van der Waals surface area contributed by atoms with Crippen LogP contribution < -0.4 is 0 Å². The van der Waals surface area contributed by atoms with Crippen LogP contribution in [-0.4, -0.2) is 28.7 Å². The second-order valence-electron chi connectivity index (χ2n) is 14.5. The van der Waals surface area contributed by atoms with E-state index in [1.165, 1.54) is 12.0 Å². The van der Waals surface area contributed by atoms with Crippen molar-refractivity contribution in [1.82, 2.24) is 0 Å². The highest BCUT2D eigenvalue weighted by molar-refractivity contribution is 5.95. The van der Waals surface area contributed by atoms with Gasteiger partial charge in [-0.3, -0.25) is 4.79 Å². The van der Waals surface area contributed by atoms with E-state index in [1.807, 2.05) is 0 Å². The quantitative estimate of drug-likeness (QED) is 0.495. The highest BCUT2D eigenvalue weighted by Crippen LogP contribution is 2.75. The predicted molar refractivity (Wildman–Crippen MR) is 132 cm³/mol. The van der Waals surface area contributed by atoms with Gasteiger partial charge in [-0.05, 0) is 103 Å². The Balaban J connectivity index is 1.65. The lowest BCUT2D eigenvalue weighted by Crippen LogP contribution is -2.67. The Kier molecular flexibility index (Phi) is 5.24. The molecule has 0 saturated heterocycles. The number of hydrogen-bond acceptors (Lipinski definition) is 3. The molecular weight excluding hydrogens is 408 g/mol. The smallest absolute Gasteiger partial charge is 0.159 e. The highest BCUT2D eigenvalue weighted by Gasteiger charge is 2.70. The molecule has 186 valence electrons. The summed E-state index contributed by atoms with van der Waals surface area (Å²) in [7, 11) is 0. The maximum Gasteiger partial charge on any atom is 0.159 e. The first-order valence-electron chi connectivity index (χ1n) is 13.8. The summed E-state index contributed by atoms with van der Waals surface area (Å²) in [5.74, 6) is 2.21. The monoisotopic (exact) mass is 456 g/mol. The van der Waals surface area contributed by atoms with E-state index in [9.17, 15) is 15.0 Å². The molecule has 3 heteroatoms. The zero-order valence-corrected chi connectivity index (χ0v) is 22.2. The second kappa shape index (κ2) is 7.19. The fourth-order valence-corrected chi connectivity index (χ4v) is 10.7. The van der Waals surface area contributed by atoms with Gasteiger partial charge in [0.1, 0.15) is 0 Å². The third-order valence-corrected chi connectivity index (χ3v) is 13.2. The third kappa shape index (κ3) is 2.79. The molecule has 4 fully saturated rings. The van der Waals surface area contributed by atoms with Gasteiger partial charge in [-0.15, -0.1) is 0 Å². The van der Waals surface area contributed by atoms with Gasteiger partial charge in [0.2, 0.25) is 0 Å². The number of rotatable bonds is 1. The fraction of sp³-hybridized carbons (Fsp3) is 0.900. The van der Waals surface area contributed by atoms with Crippen LogP contribution in [0, 0.1) is 56.7 Å². The Hall–Kier alpha value is -0.670. The molecule has 0 bridgehead atoms. The number of aliphatic hydroxyl groups excluding tert-OH is 2. The minimum Gasteiger partial charge on any atom is -0.396 e. The molecule has 0 aromatic carbocycles. The lowest BCUT2D eigenvalue weighted by atomic mass is 9.33. The summed E-state index contributed by atoms with van der Waals surface area (Å²) in [6.07, 6.45) is 10.2. The summed E-state index contributed by atoms with van der Waals surface area (Å²) < 4.78 is 0. The van der Waals surface area contributed by atoms with Crippen LogP contribution in [0.1, 0.15) is 99.8 Å². The minimum atomic E-state index is -0.273. The van der Waals surface area contributed by atoms with Gasteiger partial charge in [0, 0.05) is 17.9 Å². The van der Waals surface area contributed by atoms with Gasteiger partial charge in [0.05, 0.1) is 6.10 Å². The molecule has 0 aromatic heterocycles. The Labute approximate surface area is 201 Å². The molecule has 0 spiro atoms.